The number of hydrogen-bond acceptors (Lipinski definition) is 2. The summed E-state index contributed by atoms with van der Waals surface area (Å²) in [6, 6.07) is 0. The molecule has 1 atom stereocenters. The van der Waals surface area contributed by atoms with Crippen LogP contribution in [0.3, 0.4) is 0 Å². The molecule has 64 valence electrons. The standard InChI is InChI=1S/C8H15NO2/c1-3-5-8(9,6-4-2)7(10)11/h3H,1,4-6,9H2,2H3,(H,10,11). The van der Waals surface area contributed by atoms with Crippen molar-refractivity contribution in [1.82, 2.24) is 0 Å². The van der Waals surface area contributed by atoms with E-state index in [2.05, 4.69) is 6.58 Å². The van der Waals surface area contributed by atoms with Gasteiger partial charge in [0.15, 0.2) is 0 Å². The zero-order valence-electron chi connectivity index (χ0n) is 6.84. The maximum absolute atomic E-state index is 10.6. The molecule has 3 nitrogen and oxygen atoms in total. The molecule has 0 aliphatic carbocycles. The van der Waals surface area contributed by atoms with Crippen molar-refractivity contribution in [3.05, 3.63) is 12.7 Å². The van der Waals surface area contributed by atoms with Crippen molar-refractivity contribution >= 4 is 5.97 Å². The Bertz CT molecular complexity index is 156. The van der Waals surface area contributed by atoms with E-state index in [4.69, 9.17) is 10.8 Å². The first-order chi connectivity index (χ1) is 5.06. The molecule has 0 fully saturated rings. The van der Waals surface area contributed by atoms with E-state index in [0.29, 0.717) is 12.8 Å². The quantitative estimate of drug-likeness (QED) is 0.588. The van der Waals surface area contributed by atoms with Gasteiger partial charge in [0.2, 0.25) is 0 Å². The van der Waals surface area contributed by atoms with Gasteiger partial charge in [-0.3, -0.25) is 4.79 Å². The van der Waals surface area contributed by atoms with Gasteiger partial charge in [-0.15, -0.1) is 6.58 Å². The fraction of sp³-hybridized carbons (Fsp3) is 0.625. The molecule has 0 aromatic rings. The predicted octanol–water partition coefficient (Wildman–Crippen LogP) is 1.14. The Morgan fingerprint density at radius 2 is 2.36 bits per heavy atom. The molecule has 3 heteroatoms. The minimum Gasteiger partial charge on any atom is -0.480 e. The molecule has 0 aliphatic rings. The summed E-state index contributed by atoms with van der Waals surface area (Å²) < 4.78 is 0. The van der Waals surface area contributed by atoms with Crippen LogP contribution >= 0.6 is 0 Å². The Balaban J connectivity index is 4.24. The van der Waals surface area contributed by atoms with Crippen molar-refractivity contribution < 1.29 is 9.90 Å². The minimum absolute atomic E-state index is 0.330. The average Bonchev–Trinajstić information content (AvgIpc) is 1.88. The summed E-state index contributed by atoms with van der Waals surface area (Å²) in [7, 11) is 0. The molecule has 3 N–H and O–H groups in total. The molecule has 0 aromatic heterocycles. The molecule has 0 saturated carbocycles. The lowest BCUT2D eigenvalue weighted by Crippen LogP contribution is -2.47. The second kappa shape index (κ2) is 4.13. The van der Waals surface area contributed by atoms with Crippen molar-refractivity contribution in [2.24, 2.45) is 5.73 Å². The predicted molar refractivity (Wildman–Crippen MR) is 44.3 cm³/mol. The third-order valence-electron chi connectivity index (χ3n) is 1.63. The van der Waals surface area contributed by atoms with Crippen LogP contribution in [0.4, 0.5) is 0 Å². The van der Waals surface area contributed by atoms with Crippen LogP contribution in [0.1, 0.15) is 26.2 Å². The van der Waals surface area contributed by atoms with Crippen LogP contribution in [0.5, 0.6) is 0 Å². The van der Waals surface area contributed by atoms with Crippen molar-refractivity contribution in [2.45, 2.75) is 31.7 Å². The summed E-state index contributed by atoms with van der Waals surface area (Å²) in [5, 5.41) is 8.72. The maximum Gasteiger partial charge on any atom is 0.323 e. The van der Waals surface area contributed by atoms with Crippen molar-refractivity contribution in [1.29, 1.82) is 0 Å². The Labute approximate surface area is 66.9 Å². The van der Waals surface area contributed by atoms with E-state index in [0.717, 1.165) is 6.42 Å². The van der Waals surface area contributed by atoms with Crippen LogP contribution in [0.2, 0.25) is 0 Å². The number of carboxylic acid groups (broad SMARTS) is 1. The highest BCUT2D eigenvalue weighted by molar-refractivity contribution is 5.78. The number of nitrogens with two attached hydrogens (primary N) is 1. The van der Waals surface area contributed by atoms with Gasteiger partial charge in [-0.05, 0) is 12.8 Å². The molecule has 1 unspecified atom stereocenters. The highest BCUT2D eigenvalue weighted by Crippen LogP contribution is 2.14. The Morgan fingerprint density at radius 1 is 1.82 bits per heavy atom. The van der Waals surface area contributed by atoms with E-state index in [9.17, 15) is 4.79 Å². The lowest BCUT2D eigenvalue weighted by molar-refractivity contribution is -0.143. The first-order valence-corrected chi connectivity index (χ1v) is 3.70. The van der Waals surface area contributed by atoms with Gasteiger partial charge in [0, 0.05) is 0 Å². The first-order valence-electron chi connectivity index (χ1n) is 3.70. The van der Waals surface area contributed by atoms with E-state index in [1.807, 2.05) is 6.92 Å². The normalized spacial score (nSPS) is 15.5. The van der Waals surface area contributed by atoms with Crippen LogP contribution in [-0.4, -0.2) is 16.6 Å². The third kappa shape index (κ3) is 2.72. The van der Waals surface area contributed by atoms with Crippen molar-refractivity contribution in [3.8, 4) is 0 Å². The number of carbonyl (C=O) groups is 1. The van der Waals surface area contributed by atoms with Gasteiger partial charge < -0.3 is 10.8 Å². The number of aliphatic carboxylic acids is 1. The summed E-state index contributed by atoms with van der Waals surface area (Å²) >= 11 is 0. The lowest BCUT2D eigenvalue weighted by Gasteiger charge is -2.21. The summed E-state index contributed by atoms with van der Waals surface area (Å²) in [4.78, 5) is 10.6. The SMILES string of the molecule is C=CCC(N)(CCC)C(=O)O. The van der Waals surface area contributed by atoms with Crippen LogP contribution in [0, 0.1) is 0 Å². The molecule has 11 heavy (non-hydrogen) atoms. The molecular formula is C8H15NO2. The smallest absolute Gasteiger partial charge is 0.323 e. The van der Waals surface area contributed by atoms with Gasteiger partial charge in [-0.1, -0.05) is 19.4 Å². The van der Waals surface area contributed by atoms with Crippen molar-refractivity contribution in [2.75, 3.05) is 0 Å². The van der Waals surface area contributed by atoms with Gasteiger partial charge in [0.25, 0.3) is 0 Å². The largest absolute Gasteiger partial charge is 0.480 e. The fourth-order valence-electron chi connectivity index (χ4n) is 1.000. The summed E-state index contributed by atoms with van der Waals surface area (Å²) in [6.07, 6.45) is 3.14. The van der Waals surface area contributed by atoms with E-state index >= 15 is 0 Å². The summed E-state index contributed by atoms with van der Waals surface area (Å²) in [5.41, 5.74) is 4.49. The highest BCUT2D eigenvalue weighted by Gasteiger charge is 2.30. The summed E-state index contributed by atoms with van der Waals surface area (Å²) in [6.45, 7) is 5.38. The lowest BCUT2D eigenvalue weighted by atomic mass is 9.91. The van der Waals surface area contributed by atoms with Gasteiger partial charge in [-0.25, -0.2) is 0 Å². The van der Waals surface area contributed by atoms with Crippen molar-refractivity contribution in [3.63, 3.8) is 0 Å². The molecule has 0 aliphatic heterocycles. The molecule has 0 bridgehead atoms. The Morgan fingerprint density at radius 3 is 2.64 bits per heavy atom. The summed E-state index contributed by atoms with van der Waals surface area (Å²) in [5.74, 6) is -0.945. The zero-order chi connectivity index (χ0) is 8.91. The molecular weight excluding hydrogens is 142 g/mol. The second-order valence-corrected chi connectivity index (χ2v) is 2.70. The molecule has 0 rings (SSSR count). The molecule has 0 radical (unpaired) electrons. The zero-order valence-corrected chi connectivity index (χ0v) is 6.84. The molecule has 0 amide bonds. The van der Waals surface area contributed by atoms with E-state index < -0.39 is 11.5 Å². The second-order valence-electron chi connectivity index (χ2n) is 2.70. The monoisotopic (exact) mass is 157 g/mol. The van der Waals surface area contributed by atoms with Crippen LogP contribution in [0.15, 0.2) is 12.7 Å². The molecule has 0 aromatic carbocycles. The van der Waals surface area contributed by atoms with Crippen LogP contribution in [-0.2, 0) is 4.79 Å². The fourth-order valence-corrected chi connectivity index (χ4v) is 1.000. The number of carboxylic acids is 1. The van der Waals surface area contributed by atoms with Gasteiger partial charge in [-0.2, -0.15) is 0 Å². The topological polar surface area (TPSA) is 63.3 Å². The van der Waals surface area contributed by atoms with Gasteiger partial charge >= 0.3 is 5.97 Å². The molecule has 0 spiro atoms. The average molecular weight is 157 g/mol. The highest BCUT2D eigenvalue weighted by atomic mass is 16.4. The van der Waals surface area contributed by atoms with E-state index in [-0.39, 0.29) is 0 Å². The molecule has 0 heterocycles. The van der Waals surface area contributed by atoms with Gasteiger partial charge in [0.1, 0.15) is 5.54 Å². The van der Waals surface area contributed by atoms with E-state index in [1.165, 1.54) is 0 Å². The van der Waals surface area contributed by atoms with Crippen LogP contribution in [0.25, 0.3) is 0 Å². The first kappa shape index (κ1) is 10.2. The van der Waals surface area contributed by atoms with E-state index in [1.54, 1.807) is 6.08 Å². The third-order valence-corrected chi connectivity index (χ3v) is 1.63. The Hall–Kier alpha value is -0.830. The maximum atomic E-state index is 10.6. The van der Waals surface area contributed by atoms with Gasteiger partial charge in [0.05, 0.1) is 0 Å². The van der Waals surface area contributed by atoms with Crippen LogP contribution < -0.4 is 5.73 Å². The number of rotatable bonds is 5. The Kier molecular flexibility index (Phi) is 3.82. The molecule has 0 saturated heterocycles. The number of hydrogen-bond donors (Lipinski definition) is 2. The minimum atomic E-state index is -1.10.